The maximum Gasteiger partial charge on any atom is 0.409 e. The van der Waals surface area contributed by atoms with E-state index in [1.807, 2.05) is 41.8 Å². The van der Waals surface area contributed by atoms with Gasteiger partial charge >= 0.3 is 18.1 Å². The molecule has 0 fully saturated rings. The SMILES string of the molecule is CC(C)(C)OC(=O)CC(/C=N/NC(N)=O)NC(=O)CN1C(=O)C(NC(=O)OCc2ccccc2)N=C(c2ccccc2)c2ccccc21. The summed E-state index contributed by atoms with van der Waals surface area (Å²) in [5, 5.41) is 8.86. The molecule has 0 aliphatic carbocycles. The molecule has 1 aliphatic heterocycles. The van der Waals surface area contributed by atoms with Gasteiger partial charge in [0.05, 0.1) is 23.9 Å². The van der Waals surface area contributed by atoms with Gasteiger partial charge in [0.15, 0.2) is 0 Å². The van der Waals surface area contributed by atoms with Crippen LogP contribution in [0.1, 0.15) is 43.9 Å². The van der Waals surface area contributed by atoms with Gasteiger partial charge in [-0.3, -0.25) is 24.6 Å². The van der Waals surface area contributed by atoms with Crippen molar-refractivity contribution in [1.29, 1.82) is 0 Å². The highest BCUT2D eigenvalue weighted by molar-refractivity contribution is 6.20. The minimum absolute atomic E-state index is 0.0413. The number of hydrogen-bond acceptors (Lipinski definition) is 9. The number of nitrogens with one attached hydrogen (secondary N) is 3. The average molecular weight is 656 g/mol. The molecular formula is C34H37N7O7. The van der Waals surface area contributed by atoms with Gasteiger partial charge in [-0.15, -0.1) is 0 Å². The van der Waals surface area contributed by atoms with Gasteiger partial charge in [0.2, 0.25) is 12.1 Å². The van der Waals surface area contributed by atoms with Crippen molar-refractivity contribution in [2.45, 2.75) is 51.6 Å². The number of ether oxygens (including phenoxy) is 2. The molecule has 1 heterocycles. The monoisotopic (exact) mass is 655 g/mol. The molecule has 0 radical (unpaired) electrons. The molecule has 3 aromatic carbocycles. The zero-order chi connectivity index (χ0) is 34.7. The maximum atomic E-state index is 14.1. The summed E-state index contributed by atoms with van der Waals surface area (Å²) in [4.78, 5) is 70.1. The number of nitrogens with two attached hydrogens (primary N) is 1. The molecule has 48 heavy (non-hydrogen) atoms. The number of esters is 1. The molecule has 14 nitrogen and oxygen atoms in total. The van der Waals surface area contributed by atoms with Crippen LogP contribution in [0.4, 0.5) is 15.3 Å². The number of urea groups is 1. The number of benzodiazepines with no additional fused rings is 1. The van der Waals surface area contributed by atoms with Crippen LogP contribution in [0.5, 0.6) is 0 Å². The fraction of sp³-hybridized carbons (Fsp3) is 0.265. The van der Waals surface area contributed by atoms with Crippen molar-refractivity contribution < 1.29 is 33.4 Å². The summed E-state index contributed by atoms with van der Waals surface area (Å²) in [5.41, 5.74) is 9.01. The summed E-state index contributed by atoms with van der Waals surface area (Å²) in [6, 6.07) is 23.0. The number of carbonyl (C=O) groups excluding carboxylic acids is 5. The quantitative estimate of drug-likeness (QED) is 0.138. The lowest BCUT2D eigenvalue weighted by atomic mass is 10.0. The maximum absolute atomic E-state index is 14.1. The molecule has 0 spiro atoms. The number of fused-ring (bicyclic) bond motifs is 1. The van der Waals surface area contributed by atoms with Gasteiger partial charge in [0.1, 0.15) is 18.8 Å². The lowest BCUT2D eigenvalue weighted by Crippen LogP contribution is -2.51. The summed E-state index contributed by atoms with van der Waals surface area (Å²) >= 11 is 0. The topological polar surface area (TPSA) is 194 Å². The lowest BCUT2D eigenvalue weighted by Gasteiger charge is -2.26. The zero-order valence-corrected chi connectivity index (χ0v) is 26.7. The van der Waals surface area contributed by atoms with Crippen LogP contribution in [-0.4, -0.2) is 66.2 Å². The van der Waals surface area contributed by atoms with Gasteiger partial charge in [0, 0.05) is 17.3 Å². The fourth-order valence-electron chi connectivity index (χ4n) is 4.68. The molecular weight excluding hydrogens is 618 g/mol. The number of hydrogen-bond donors (Lipinski definition) is 4. The molecule has 3 aromatic rings. The third kappa shape index (κ3) is 10.2. The number of anilines is 1. The first kappa shape index (κ1) is 34.8. The minimum atomic E-state index is -1.47. The largest absolute Gasteiger partial charge is 0.460 e. The summed E-state index contributed by atoms with van der Waals surface area (Å²) in [6.45, 7) is 4.50. The Kier molecular flexibility index (Phi) is 11.6. The second-order valence-electron chi connectivity index (χ2n) is 11.6. The number of aliphatic imine (C=N–C) groups is 1. The number of amides is 5. The predicted molar refractivity (Wildman–Crippen MR) is 178 cm³/mol. The molecule has 0 saturated carbocycles. The van der Waals surface area contributed by atoms with Gasteiger partial charge in [-0.2, -0.15) is 5.10 Å². The van der Waals surface area contributed by atoms with Crippen molar-refractivity contribution in [2.75, 3.05) is 11.4 Å². The van der Waals surface area contributed by atoms with Gasteiger partial charge in [-0.25, -0.2) is 20.0 Å². The second-order valence-corrected chi connectivity index (χ2v) is 11.6. The van der Waals surface area contributed by atoms with Gasteiger partial charge in [-0.05, 0) is 32.4 Å². The molecule has 0 bridgehead atoms. The first-order valence-corrected chi connectivity index (χ1v) is 15.0. The van der Waals surface area contributed by atoms with Crippen molar-refractivity contribution in [1.82, 2.24) is 16.1 Å². The van der Waals surface area contributed by atoms with Crippen LogP contribution in [0.2, 0.25) is 0 Å². The first-order valence-electron chi connectivity index (χ1n) is 15.0. The normalized spacial score (nSPS) is 15.0. The molecule has 2 atom stereocenters. The number of hydrazone groups is 1. The summed E-state index contributed by atoms with van der Waals surface area (Å²) in [5.74, 6) is -2.05. The minimum Gasteiger partial charge on any atom is -0.460 e. The van der Waals surface area contributed by atoms with E-state index in [-0.39, 0.29) is 13.0 Å². The van der Waals surface area contributed by atoms with Crippen molar-refractivity contribution >= 4 is 47.5 Å². The standard InChI is InChI=1S/C34H37N7O7/c1-34(2,3)48-28(43)18-24(19-36-40-32(35)45)37-27(42)20-41-26-17-11-10-16-25(26)29(23-14-8-5-9-15-23)38-30(31(41)44)39-33(46)47-21-22-12-6-4-7-13-22/h4-17,19,24,30H,18,20-21H2,1-3H3,(H,37,42)(H,39,46)(H3,35,40,45)/b36-19+. The summed E-state index contributed by atoms with van der Waals surface area (Å²) in [6.07, 6.45) is -1.58. The number of carbonyl (C=O) groups is 5. The van der Waals surface area contributed by atoms with Gasteiger partial charge < -0.3 is 20.5 Å². The second kappa shape index (κ2) is 16.0. The Hall–Kier alpha value is -6.05. The van der Waals surface area contributed by atoms with Crippen LogP contribution < -0.4 is 26.7 Å². The van der Waals surface area contributed by atoms with E-state index in [2.05, 4.69) is 20.7 Å². The molecule has 5 N–H and O–H groups in total. The summed E-state index contributed by atoms with van der Waals surface area (Å²) < 4.78 is 10.7. The van der Waals surface area contributed by atoms with Crippen LogP contribution in [0.3, 0.4) is 0 Å². The molecule has 250 valence electrons. The highest BCUT2D eigenvalue weighted by atomic mass is 16.6. The first-order chi connectivity index (χ1) is 22.9. The van der Waals surface area contributed by atoms with Gasteiger partial charge in [0.25, 0.3) is 5.91 Å². The van der Waals surface area contributed by atoms with Crippen LogP contribution in [-0.2, 0) is 30.5 Å². The van der Waals surface area contributed by atoms with E-state index in [9.17, 15) is 24.0 Å². The van der Waals surface area contributed by atoms with Crippen molar-refractivity contribution in [2.24, 2.45) is 15.8 Å². The smallest absolute Gasteiger partial charge is 0.409 e. The Balaban J connectivity index is 1.62. The molecule has 5 amide bonds. The molecule has 4 rings (SSSR count). The highest BCUT2D eigenvalue weighted by Crippen LogP contribution is 2.28. The Morgan fingerprint density at radius 3 is 2.29 bits per heavy atom. The van der Waals surface area contributed by atoms with E-state index < -0.39 is 54.3 Å². The number of nitrogens with zero attached hydrogens (tertiary/aromatic N) is 3. The van der Waals surface area contributed by atoms with Gasteiger partial charge in [-0.1, -0.05) is 78.9 Å². The Morgan fingerprint density at radius 1 is 0.979 bits per heavy atom. The Bertz CT molecular complexity index is 1690. The van der Waals surface area contributed by atoms with E-state index in [0.29, 0.717) is 22.5 Å². The van der Waals surface area contributed by atoms with E-state index in [1.54, 1.807) is 69.3 Å². The molecule has 0 saturated heterocycles. The Morgan fingerprint density at radius 2 is 1.62 bits per heavy atom. The van der Waals surface area contributed by atoms with Crippen molar-refractivity contribution in [3.05, 3.63) is 102 Å². The van der Waals surface area contributed by atoms with Crippen LogP contribution in [0.25, 0.3) is 0 Å². The molecule has 2 unspecified atom stereocenters. The van der Waals surface area contributed by atoms with E-state index >= 15 is 0 Å². The van der Waals surface area contributed by atoms with Crippen molar-refractivity contribution in [3.8, 4) is 0 Å². The van der Waals surface area contributed by atoms with Crippen LogP contribution >= 0.6 is 0 Å². The van der Waals surface area contributed by atoms with Crippen LogP contribution in [0.15, 0.2) is 95.0 Å². The molecule has 0 aromatic heterocycles. The molecule has 14 heteroatoms. The number of primary amides is 1. The van der Waals surface area contributed by atoms with E-state index in [1.165, 1.54) is 4.90 Å². The van der Waals surface area contributed by atoms with E-state index in [4.69, 9.17) is 15.2 Å². The highest BCUT2D eigenvalue weighted by Gasteiger charge is 2.35. The summed E-state index contributed by atoms with van der Waals surface area (Å²) in [7, 11) is 0. The number of para-hydroxylation sites is 1. The molecule has 1 aliphatic rings. The third-order valence-electron chi connectivity index (χ3n) is 6.61. The lowest BCUT2D eigenvalue weighted by molar-refractivity contribution is -0.155. The predicted octanol–water partition coefficient (Wildman–Crippen LogP) is 2.99. The Labute approximate surface area is 277 Å². The third-order valence-corrected chi connectivity index (χ3v) is 6.61. The zero-order valence-electron chi connectivity index (χ0n) is 26.7. The van der Waals surface area contributed by atoms with E-state index in [0.717, 1.165) is 11.8 Å². The van der Waals surface area contributed by atoms with Crippen molar-refractivity contribution in [3.63, 3.8) is 0 Å². The number of benzene rings is 3. The fourth-order valence-corrected chi connectivity index (χ4v) is 4.68. The number of alkyl carbamates (subject to hydrolysis) is 1. The number of rotatable bonds is 11. The van der Waals surface area contributed by atoms with Crippen LogP contribution in [0, 0.1) is 0 Å². The average Bonchev–Trinajstić information content (AvgIpc) is 3.14.